The summed E-state index contributed by atoms with van der Waals surface area (Å²) in [6, 6.07) is 7.52. The molecule has 0 saturated heterocycles. The number of carbonyl (C=O) groups excluding carboxylic acids is 2. The molecular formula is C48H46Br3F9N12O5S3. The Bertz CT molecular complexity index is 3690. The molecule has 4 N–H and O–H groups in total. The highest BCUT2D eigenvalue weighted by Crippen LogP contribution is 2.37. The zero-order valence-corrected chi connectivity index (χ0v) is 50.4. The van der Waals surface area contributed by atoms with Crippen molar-refractivity contribution in [1.82, 2.24) is 38.2 Å². The normalized spacial score (nSPS) is 11.7. The highest BCUT2D eigenvalue weighted by Gasteiger charge is 2.38. The van der Waals surface area contributed by atoms with Crippen molar-refractivity contribution in [2.45, 2.75) is 54.0 Å². The summed E-state index contributed by atoms with van der Waals surface area (Å²) in [7, 11) is 7.35. The third kappa shape index (κ3) is 14.6. The van der Waals surface area contributed by atoms with E-state index in [-0.39, 0.29) is 39.5 Å². The maximum Gasteiger partial charge on any atom is 0.431 e. The maximum atomic E-state index is 13.2. The molecule has 80 heavy (non-hydrogen) atoms. The molecule has 0 aliphatic rings. The predicted octanol–water partition coefficient (Wildman–Crippen LogP) is 11.7. The van der Waals surface area contributed by atoms with Gasteiger partial charge in [-0.05, 0) is 101 Å². The summed E-state index contributed by atoms with van der Waals surface area (Å²) in [5.74, 6) is 1.12. The van der Waals surface area contributed by atoms with Gasteiger partial charge in [-0.2, -0.15) is 39.5 Å². The number of rotatable bonds is 12. The quantitative estimate of drug-likeness (QED) is 0.0768. The number of imidazole rings is 1. The van der Waals surface area contributed by atoms with Crippen LogP contribution >= 0.6 is 83.1 Å². The van der Waals surface area contributed by atoms with Crippen LogP contribution in [0.25, 0.3) is 22.6 Å². The molecule has 0 spiro atoms. The minimum atomic E-state index is -4.75. The number of nitrogen functional groups attached to an aromatic ring is 1. The number of thioether (sulfide) groups is 3. The molecule has 7 aromatic heterocycles. The standard InChI is InChI=1S/2C16H16BrF3N4O2S.C16H14BrF3N4OS/c1-4-27-10-5-8(17)7-22-12(10)14(25)24(3)13-9(21)6-11(16(18,19)20)23(2)15(13)26;1-4-27-10-5-8(17)7-22-13(10)14(25)23-9-6-11(16(18,19)20)24(3)15(26)12(9)21-2;1-4-26-10-5-8(17)7-21-12(10)14-22-9-6-11(16(18,19)20)23(2)15(25)13(9)24(14)3/h5-7H,4,21H2,1-3H3;5-7,21H,4H2,1-3H3,(H,23,25);5-7H,4H2,1-3H3. The van der Waals surface area contributed by atoms with E-state index in [0.717, 1.165) is 53.3 Å². The Hall–Kier alpha value is -5.83. The van der Waals surface area contributed by atoms with Gasteiger partial charge in [0.15, 0.2) is 5.82 Å². The number of alkyl halides is 9. The number of aromatic nitrogens is 8. The average Bonchev–Trinajstić information content (AvgIpc) is 3.95. The minimum absolute atomic E-state index is 0.00454. The van der Waals surface area contributed by atoms with Gasteiger partial charge in [-0.15, -0.1) is 35.3 Å². The second-order valence-corrected chi connectivity index (χ2v) is 23.0. The fourth-order valence-electron chi connectivity index (χ4n) is 7.47. The summed E-state index contributed by atoms with van der Waals surface area (Å²) in [4.78, 5) is 82.4. The van der Waals surface area contributed by atoms with E-state index in [2.05, 4.69) is 78.4 Å². The first-order valence-corrected chi connectivity index (χ1v) is 28.2. The van der Waals surface area contributed by atoms with Gasteiger partial charge in [-0.25, -0.2) is 15.0 Å². The molecular weight excluding hydrogens is 1330 g/mol. The van der Waals surface area contributed by atoms with E-state index < -0.39 is 69.8 Å². The number of nitrogens with two attached hydrogens (primary N) is 1. The first-order chi connectivity index (χ1) is 37.2. The van der Waals surface area contributed by atoms with Crippen LogP contribution in [-0.4, -0.2) is 81.4 Å². The van der Waals surface area contributed by atoms with Gasteiger partial charge in [0.25, 0.3) is 28.5 Å². The maximum absolute atomic E-state index is 13.2. The van der Waals surface area contributed by atoms with Crippen LogP contribution < -0.4 is 37.9 Å². The van der Waals surface area contributed by atoms with E-state index in [1.165, 1.54) is 66.3 Å². The number of amides is 2. The monoisotopic (exact) mass is 1370 g/mol. The van der Waals surface area contributed by atoms with Gasteiger partial charge in [0.1, 0.15) is 51.1 Å². The second-order valence-electron chi connectivity index (χ2n) is 16.4. The molecule has 430 valence electrons. The van der Waals surface area contributed by atoms with E-state index in [0.29, 0.717) is 61.5 Å². The number of hydrogen-bond donors (Lipinski definition) is 3. The van der Waals surface area contributed by atoms with Crippen LogP contribution in [0.15, 0.2) is 97.5 Å². The Balaban J connectivity index is 0.000000221. The van der Waals surface area contributed by atoms with Crippen molar-refractivity contribution in [3.8, 4) is 11.5 Å². The fourth-order valence-corrected chi connectivity index (χ4v) is 11.3. The van der Waals surface area contributed by atoms with Crippen molar-refractivity contribution in [1.29, 1.82) is 0 Å². The van der Waals surface area contributed by atoms with Crippen molar-refractivity contribution in [3.05, 3.63) is 128 Å². The number of hydrogen-bond acceptors (Lipinski definition) is 14. The number of nitrogens with zero attached hydrogens (tertiary/aromatic N) is 9. The zero-order chi connectivity index (χ0) is 60.1. The lowest BCUT2D eigenvalue weighted by Gasteiger charge is -2.22. The lowest BCUT2D eigenvalue weighted by Crippen LogP contribution is -2.37. The SMILES string of the molecule is CCSc1cc(Br)cnc1-c1nc2cc(C(F)(F)F)n(C)c(=O)c2n1C.CCSc1cc(Br)cnc1C(=O)N(C)c1c(N)cc(C(F)(F)F)n(C)c1=O.CCSc1cc(Br)cnc1C(=O)Nc1cc(C(F)(F)F)n(C)c(=O)c1NC. The van der Waals surface area contributed by atoms with Crippen molar-refractivity contribution in [2.75, 3.05) is 52.6 Å². The summed E-state index contributed by atoms with van der Waals surface area (Å²) in [5, 5.41) is 4.91. The Morgan fingerprint density at radius 1 is 0.625 bits per heavy atom. The largest absolute Gasteiger partial charge is 0.431 e. The van der Waals surface area contributed by atoms with Crippen LogP contribution in [0.5, 0.6) is 0 Å². The molecule has 17 nitrogen and oxygen atoms in total. The minimum Gasteiger partial charge on any atom is -0.397 e. The zero-order valence-electron chi connectivity index (χ0n) is 43.2. The van der Waals surface area contributed by atoms with Crippen molar-refractivity contribution >= 4 is 129 Å². The van der Waals surface area contributed by atoms with Crippen LogP contribution in [-0.2, 0) is 46.7 Å². The molecule has 7 heterocycles. The molecule has 0 aliphatic heterocycles. The van der Waals surface area contributed by atoms with Crippen LogP contribution in [0.2, 0.25) is 0 Å². The van der Waals surface area contributed by atoms with Crippen molar-refractivity contribution < 1.29 is 49.1 Å². The summed E-state index contributed by atoms with van der Waals surface area (Å²) < 4.78 is 123. The molecule has 0 bridgehead atoms. The average molecular weight is 1380 g/mol. The van der Waals surface area contributed by atoms with Gasteiger partial charge in [-0.3, -0.25) is 29.0 Å². The van der Waals surface area contributed by atoms with Gasteiger partial charge in [0, 0.05) is 89.0 Å². The molecule has 0 unspecified atom stereocenters. The van der Waals surface area contributed by atoms with E-state index in [1.807, 2.05) is 26.8 Å². The summed E-state index contributed by atoms with van der Waals surface area (Å²) in [6.07, 6.45) is -9.71. The lowest BCUT2D eigenvalue weighted by molar-refractivity contribution is -0.144. The summed E-state index contributed by atoms with van der Waals surface area (Å²) in [6.45, 7) is 5.77. The molecule has 7 rings (SSSR count). The van der Waals surface area contributed by atoms with Crippen LogP contribution in [0, 0.1) is 0 Å². The Morgan fingerprint density at radius 3 is 1.57 bits per heavy atom. The lowest BCUT2D eigenvalue weighted by atomic mass is 10.2. The molecule has 7 aromatic rings. The molecule has 0 saturated carbocycles. The molecule has 32 heteroatoms. The van der Waals surface area contributed by atoms with Crippen LogP contribution in [0.1, 0.15) is 58.8 Å². The summed E-state index contributed by atoms with van der Waals surface area (Å²) >= 11 is 14.2. The predicted molar refractivity (Wildman–Crippen MR) is 303 cm³/mol. The summed E-state index contributed by atoms with van der Waals surface area (Å²) in [5.41, 5.74) is -0.852. The van der Waals surface area contributed by atoms with Crippen LogP contribution in [0.3, 0.4) is 0 Å². The number of pyridine rings is 6. The Morgan fingerprint density at radius 2 is 1.06 bits per heavy atom. The Labute approximate surface area is 487 Å². The van der Waals surface area contributed by atoms with Gasteiger partial charge >= 0.3 is 18.5 Å². The number of fused-ring (bicyclic) bond motifs is 1. The number of anilines is 4. The first-order valence-electron chi connectivity index (χ1n) is 22.9. The van der Waals surface area contributed by atoms with E-state index in [4.69, 9.17) is 5.73 Å². The van der Waals surface area contributed by atoms with E-state index in [1.54, 1.807) is 25.4 Å². The van der Waals surface area contributed by atoms with E-state index in [9.17, 15) is 63.5 Å². The highest BCUT2D eigenvalue weighted by molar-refractivity contribution is 9.11. The smallest absolute Gasteiger partial charge is 0.397 e. The Kier molecular flexibility index (Phi) is 21.4. The van der Waals surface area contributed by atoms with Gasteiger partial charge in [0.05, 0.1) is 16.9 Å². The molecule has 0 aromatic carbocycles. The molecule has 0 fully saturated rings. The van der Waals surface area contributed by atoms with Crippen molar-refractivity contribution in [3.63, 3.8) is 0 Å². The van der Waals surface area contributed by atoms with Gasteiger partial charge in [-0.1, -0.05) is 20.8 Å². The first kappa shape index (κ1) is 65.0. The van der Waals surface area contributed by atoms with Gasteiger partial charge < -0.3 is 39.5 Å². The third-order valence-corrected chi connectivity index (χ3v) is 15.2. The molecule has 2 amide bonds. The number of aryl methyl sites for hydroxylation is 1. The number of halogens is 12. The topological polar surface area (TPSA) is 210 Å². The number of nitrogens with one attached hydrogen (secondary N) is 2. The van der Waals surface area contributed by atoms with Gasteiger partial charge in [0.2, 0.25) is 0 Å². The fraction of sp³-hybridized carbons (Fsp3) is 0.312. The van der Waals surface area contributed by atoms with Crippen LogP contribution in [0.4, 0.5) is 62.3 Å². The molecule has 0 radical (unpaired) electrons. The highest BCUT2D eigenvalue weighted by atomic mass is 79.9. The molecule has 0 atom stereocenters. The second kappa shape index (κ2) is 26.4. The molecule has 0 aliphatic carbocycles. The number of carbonyl (C=O) groups is 2. The third-order valence-electron chi connectivity index (χ3n) is 11.1. The van der Waals surface area contributed by atoms with E-state index >= 15 is 0 Å². The van der Waals surface area contributed by atoms with Crippen molar-refractivity contribution in [2.24, 2.45) is 28.2 Å².